The van der Waals surface area contributed by atoms with Crippen molar-refractivity contribution in [2.75, 3.05) is 0 Å². The summed E-state index contributed by atoms with van der Waals surface area (Å²) in [4.78, 5) is 16.4. The van der Waals surface area contributed by atoms with Crippen molar-refractivity contribution in [3.05, 3.63) is 65.3 Å². The molecule has 0 atom stereocenters. The van der Waals surface area contributed by atoms with Gasteiger partial charge in [0.15, 0.2) is 0 Å². The number of nitrogens with zero attached hydrogens (tertiary/aromatic N) is 1. The second-order valence-electron chi connectivity index (χ2n) is 4.40. The Morgan fingerprint density at radius 3 is 2.67 bits per heavy atom. The third-order valence-corrected chi connectivity index (χ3v) is 4.16. The maximum atomic E-state index is 11.2. The molecular formula is C16H10ClNO2S. The Kier molecular flexibility index (Phi) is 3.82. The maximum absolute atomic E-state index is 11.2. The second kappa shape index (κ2) is 5.76. The van der Waals surface area contributed by atoms with E-state index in [-0.39, 0.29) is 5.69 Å². The number of fused-ring (bicyclic) bond motifs is 1. The van der Waals surface area contributed by atoms with E-state index in [4.69, 9.17) is 11.6 Å². The number of aromatic carboxylic acids is 1. The summed E-state index contributed by atoms with van der Waals surface area (Å²) in [6.07, 6.45) is 0. The first-order valence-electron chi connectivity index (χ1n) is 6.20. The quantitative estimate of drug-likeness (QED) is 0.758. The third-order valence-electron chi connectivity index (χ3n) is 2.94. The van der Waals surface area contributed by atoms with E-state index in [1.807, 2.05) is 42.5 Å². The average Bonchev–Trinajstić information content (AvgIpc) is 2.47. The van der Waals surface area contributed by atoms with E-state index in [1.165, 1.54) is 11.8 Å². The highest BCUT2D eigenvalue weighted by molar-refractivity contribution is 7.99. The molecule has 3 aromatic rings. The first-order chi connectivity index (χ1) is 10.1. The van der Waals surface area contributed by atoms with Crippen molar-refractivity contribution in [2.45, 2.75) is 9.92 Å². The fourth-order valence-corrected chi connectivity index (χ4v) is 3.25. The molecule has 3 rings (SSSR count). The minimum Gasteiger partial charge on any atom is -0.477 e. The fourth-order valence-electron chi connectivity index (χ4n) is 2.00. The Bertz CT molecular complexity index is 835. The number of halogens is 1. The van der Waals surface area contributed by atoms with Gasteiger partial charge in [0, 0.05) is 15.3 Å². The molecular weight excluding hydrogens is 306 g/mol. The summed E-state index contributed by atoms with van der Waals surface area (Å²) >= 11 is 7.39. The number of rotatable bonds is 3. The number of pyridine rings is 1. The second-order valence-corrected chi connectivity index (χ2v) is 5.90. The molecule has 104 valence electrons. The van der Waals surface area contributed by atoms with Crippen LogP contribution >= 0.6 is 23.4 Å². The van der Waals surface area contributed by atoms with Crippen LogP contribution in [0.25, 0.3) is 10.8 Å². The summed E-state index contributed by atoms with van der Waals surface area (Å²) in [6, 6.07) is 16.6. The summed E-state index contributed by atoms with van der Waals surface area (Å²) in [5.74, 6) is -1.03. The van der Waals surface area contributed by atoms with E-state index in [2.05, 4.69) is 4.98 Å². The summed E-state index contributed by atoms with van der Waals surface area (Å²) in [7, 11) is 0. The molecule has 0 unspecified atom stereocenters. The maximum Gasteiger partial charge on any atom is 0.354 e. The Balaban J connectivity index is 2.13. The Morgan fingerprint density at radius 2 is 1.90 bits per heavy atom. The molecule has 1 N–H and O–H groups in total. The lowest BCUT2D eigenvalue weighted by Crippen LogP contribution is -2.01. The van der Waals surface area contributed by atoms with Crippen molar-refractivity contribution in [1.82, 2.24) is 4.98 Å². The van der Waals surface area contributed by atoms with Gasteiger partial charge < -0.3 is 5.11 Å². The van der Waals surface area contributed by atoms with Gasteiger partial charge >= 0.3 is 5.97 Å². The molecule has 0 amide bonds. The van der Waals surface area contributed by atoms with Gasteiger partial charge in [-0.3, -0.25) is 0 Å². The van der Waals surface area contributed by atoms with Crippen LogP contribution in [0.4, 0.5) is 0 Å². The smallest absolute Gasteiger partial charge is 0.354 e. The van der Waals surface area contributed by atoms with Gasteiger partial charge in [0.25, 0.3) is 0 Å². The SMILES string of the molecule is O=C(O)c1cc2ccccc2c(Sc2cccc(Cl)c2)n1. The normalized spacial score (nSPS) is 10.7. The molecule has 1 heterocycles. The highest BCUT2D eigenvalue weighted by Gasteiger charge is 2.12. The van der Waals surface area contributed by atoms with Gasteiger partial charge in [0.1, 0.15) is 10.7 Å². The van der Waals surface area contributed by atoms with Crippen molar-refractivity contribution in [2.24, 2.45) is 0 Å². The van der Waals surface area contributed by atoms with Gasteiger partial charge in [-0.1, -0.05) is 53.7 Å². The molecule has 0 saturated heterocycles. The van der Waals surface area contributed by atoms with E-state index in [0.29, 0.717) is 10.0 Å². The standard InChI is InChI=1S/C16H10ClNO2S/c17-11-5-3-6-12(9-11)21-15-13-7-2-1-4-10(13)8-14(18-15)16(19)20/h1-9H,(H,19,20). The molecule has 0 bridgehead atoms. The lowest BCUT2D eigenvalue weighted by Gasteiger charge is -2.07. The number of carboxylic acids is 1. The van der Waals surface area contributed by atoms with Gasteiger partial charge in [-0.2, -0.15) is 0 Å². The minimum atomic E-state index is -1.03. The van der Waals surface area contributed by atoms with E-state index in [9.17, 15) is 9.90 Å². The number of aromatic nitrogens is 1. The lowest BCUT2D eigenvalue weighted by atomic mass is 10.1. The van der Waals surface area contributed by atoms with Crippen molar-refractivity contribution in [3.8, 4) is 0 Å². The van der Waals surface area contributed by atoms with Crippen LogP contribution in [-0.4, -0.2) is 16.1 Å². The van der Waals surface area contributed by atoms with Gasteiger partial charge in [0.05, 0.1) is 0 Å². The zero-order chi connectivity index (χ0) is 14.8. The number of hydrogen-bond acceptors (Lipinski definition) is 3. The monoisotopic (exact) mass is 315 g/mol. The molecule has 0 aliphatic carbocycles. The summed E-state index contributed by atoms with van der Waals surface area (Å²) < 4.78 is 0. The van der Waals surface area contributed by atoms with E-state index < -0.39 is 5.97 Å². The molecule has 0 aliphatic heterocycles. The summed E-state index contributed by atoms with van der Waals surface area (Å²) in [5.41, 5.74) is 0.0400. The molecule has 0 fully saturated rings. The fraction of sp³-hybridized carbons (Fsp3) is 0. The molecule has 0 spiro atoms. The first kappa shape index (κ1) is 13.9. The number of hydrogen-bond donors (Lipinski definition) is 1. The highest BCUT2D eigenvalue weighted by Crippen LogP contribution is 2.33. The van der Waals surface area contributed by atoms with Gasteiger partial charge in [0.2, 0.25) is 0 Å². The van der Waals surface area contributed by atoms with Crippen molar-refractivity contribution >= 4 is 40.1 Å². The predicted molar refractivity (Wildman–Crippen MR) is 84.3 cm³/mol. The largest absolute Gasteiger partial charge is 0.477 e. The third kappa shape index (κ3) is 3.01. The van der Waals surface area contributed by atoms with Gasteiger partial charge in [-0.05, 0) is 29.7 Å². The van der Waals surface area contributed by atoms with Crippen LogP contribution in [0, 0.1) is 0 Å². The van der Waals surface area contributed by atoms with Crippen molar-refractivity contribution in [1.29, 1.82) is 0 Å². The predicted octanol–water partition coefficient (Wildman–Crippen LogP) is 4.74. The average molecular weight is 316 g/mol. The number of carboxylic acid groups (broad SMARTS) is 1. The minimum absolute atomic E-state index is 0.0400. The molecule has 0 aliphatic rings. The highest BCUT2D eigenvalue weighted by atomic mass is 35.5. The van der Waals surface area contributed by atoms with Crippen LogP contribution in [0.2, 0.25) is 5.02 Å². The van der Waals surface area contributed by atoms with Crippen LogP contribution in [0.1, 0.15) is 10.5 Å². The van der Waals surface area contributed by atoms with E-state index in [1.54, 1.807) is 12.1 Å². The van der Waals surface area contributed by atoms with Crippen LogP contribution in [0.3, 0.4) is 0 Å². The molecule has 21 heavy (non-hydrogen) atoms. The zero-order valence-corrected chi connectivity index (χ0v) is 12.4. The van der Waals surface area contributed by atoms with Crippen molar-refractivity contribution in [3.63, 3.8) is 0 Å². The molecule has 3 nitrogen and oxygen atoms in total. The van der Waals surface area contributed by atoms with Crippen LogP contribution in [0.15, 0.2) is 64.5 Å². The van der Waals surface area contributed by atoms with Crippen molar-refractivity contribution < 1.29 is 9.90 Å². The number of benzene rings is 2. The van der Waals surface area contributed by atoms with Gasteiger partial charge in [-0.15, -0.1) is 0 Å². The Labute approximate surface area is 130 Å². The van der Waals surface area contributed by atoms with E-state index >= 15 is 0 Å². The molecule has 2 aromatic carbocycles. The van der Waals surface area contributed by atoms with Crippen LogP contribution in [-0.2, 0) is 0 Å². The van der Waals surface area contributed by atoms with Crippen LogP contribution < -0.4 is 0 Å². The first-order valence-corrected chi connectivity index (χ1v) is 7.39. The van der Waals surface area contributed by atoms with Crippen LogP contribution in [0.5, 0.6) is 0 Å². The Hall–Kier alpha value is -2.04. The number of carbonyl (C=O) groups is 1. The lowest BCUT2D eigenvalue weighted by molar-refractivity contribution is 0.0690. The molecule has 0 saturated carbocycles. The topological polar surface area (TPSA) is 50.2 Å². The molecule has 0 radical (unpaired) electrons. The zero-order valence-electron chi connectivity index (χ0n) is 10.8. The van der Waals surface area contributed by atoms with Gasteiger partial charge in [-0.25, -0.2) is 9.78 Å². The summed E-state index contributed by atoms with van der Waals surface area (Å²) in [5, 5.41) is 12.3. The van der Waals surface area contributed by atoms with E-state index in [0.717, 1.165) is 15.7 Å². The molecule has 5 heteroatoms. The molecule has 1 aromatic heterocycles. The summed E-state index contributed by atoms with van der Waals surface area (Å²) in [6.45, 7) is 0. The Morgan fingerprint density at radius 1 is 1.10 bits per heavy atom.